The van der Waals surface area contributed by atoms with Crippen molar-refractivity contribution in [2.75, 3.05) is 20.3 Å². The van der Waals surface area contributed by atoms with Crippen LogP contribution < -0.4 is 5.32 Å². The molecule has 3 nitrogen and oxygen atoms in total. The molecule has 0 fully saturated rings. The fourth-order valence-electron chi connectivity index (χ4n) is 0.329. The molecule has 0 spiro atoms. The Balaban J connectivity index is 0. The maximum absolute atomic E-state index is 10.2. The van der Waals surface area contributed by atoms with Crippen LogP contribution in [0.3, 0.4) is 0 Å². The van der Waals surface area contributed by atoms with E-state index in [9.17, 15) is 4.79 Å². The molecule has 0 aromatic heterocycles. The second kappa shape index (κ2) is 4.59. The average Bonchev–Trinajstić information content (AvgIpc) is 1.66. The van der Waals surface area contributed by atoms with Gasteiger partial charge in [-0.2, -0.15) is 0 Å². The summed E-state index contributed by atoms with van der Waals surface area (Å²) in [4.78, 5) is 10.2. The minimum absolute atomic E-state index is 0. The smallest absolute Gasteiger partial charge is 0.216 e. The van der Waals surface area contributed by atoms with Crippen molar-refractivity contribution in [2.45, 2.75) is 6.92 Å². The summed E-state index contributed by atoms with van der Waals surface area (Å²) in [6.07, 6.45) is 0. The van der Waals surface area contributed by atoms with E-state index in [0.29, 0.717) is 13.2 Å². The van der Waals surface area contributed by atoms with E-state index in [1.54, 1.807) is 7.11 Å². The summed E-state index contributed by atoms with van der Waals surface area (Å²) < 4.78 is 4.68. The maximum Gasteiger partial charge on any atom is 0.216 e. The Morgan fingerprint density at radius 3 is 2.88 bits per heavy atom. The van der Waals surface area contributed by atoms with E-state index in [0.717, 1.165) is 0 Å². The first-order valence-electron chi connectivity index (χ1n) is 2.50. The highest BCUT2D eigenvalue weighted by molar-refractivity contribution is 5.72. The van der Waals surface area contributed by atoms with E-state index in [2.05, 4.69) is 10.1 Å². The Labute approximate surface area is 50.5 Å². The molecule has 0 heterocycles. The number of amides is 1. The fraction of sp³-hybridized carbons (Fsp3) is 0.800. The molecule has 0 saturated heterocycles. The van der Waals surface area contributed by atoms with Gasteiger partial charge in [0, 0.05) is 22.0 Å². The van der Waals surface area contributed by atoms with Gasteiger partial charge in [0.05, 0.1) is 6.61 Å². The third-order valence-corrected chi connectivity index (χ3v) is 0.680. The van der Waals surface area contributed by atoms with Crippen LogP contribution in [0.2, 0.25) is 0 Å². The second-order valence-corrected chi connectivity index (χ2v) is 1.48. The van der Waals surface area contributed by atoms with Crippen LogP contribution in [-0.4, -0.2) is 26.2 Å². The molecular weight excluding hydrogens is 106 g/mol. The first-order chi connectivity index (χ1) is 3.77. The maximum atomic E-state index is 10.2. The van der Waals surface area contributed by atoms with Gasteiger partial charge >= 0.3 is 0 Å². The van der Waals surface area contributed by atoms with Gasteiger partial charge in [0.1, 0.15) is 0 Å². The number of carbonyl (C=O) groups excluding carboxylic acids is 1. The van der Waals surface area contributed by atoms with Crippen LogP contribution >= 0.6 is 0 Å². The summed E-state index contributed by atoms with van der Waals surface area (Å²) in [6, 6.07) is 0. The molecule has 1 amide bonds. The number of ether oxygens (including phenoxy) is 1. The fourth-order valence-corrected chi connectivity index (χ4v) is 0.329. The van der Waals surface area contributed by atoms with Gasteiger partial charge < -0.3 is 10.1 Å². The normalized spacial score (nSPS) is 8.75. The highest BCUT2D eigenvalue weighted by atomic mass is 16.5. The molecule has 0 radical (unpaired) electrons. The first kappa shape index (κ1) is 7.43. The molecule has 0 aromatic carbocycles. The van der Waals surface area contributed by atoms with Gasteiger partial charge in [-0.25, -0.2) is 0 Å². The van der Waals surface area contributed by atoms with Gasteiger partial charge in [0.2, 0.25) is 5.91 Å². The van der Waals surface area contributed by atoms with Gasteiger partial charge in [0.25, 0.3) is 0 Å². The van der Waals surface area contributed by atoms with E-state index < -0.39 is 0 Å². The lowest BCUT2D eigenvalue weighted by atomic mass is 10.6. The third-order valence-electron chi connectivity index (χ3n) is 0.680. The molecule has 0 atom stereocenters. The van der Waals surface area contributed by atoms with Gasteiger partial charge in [-0.15, -0.1) is 0 Å². The summed E-state index contributed by atoms with van der Waals surface area (Å²) in [5, 5.41) is 2.58. The average molecular weight is 119 g/mol. The zero-order valence-electron chi connectivity index (χ0n) is 5.23. The Morgan fingerprint density at radius 1 is 1.88 bits per heavy atom. The highest BCUT2D eigenvalue weighted by Gasteiger charge is 1.85. The lowest BCUT2D eigenvalue weighted by Crippen LogP contribution is -2.23. The monoisotopic (exact) mass is 119 g/mol. The van der Waals surface area contributed by atoms with Crippen molar-refractivity contribution in [2.24, 2.45) is 0 Å². The number of nitrogens with one attached hydrogen (secondary N) is 1. The summed E-state index contributed by atoms with van der Waals surface area (Å²) in [5.74, 6) is -0.0120. The molecule has 0 bridgehead atoms. The predicted molar refractivity (Wildman–Crippen MR) is 32.7 cm³/mol. The molecule has 50 valence electrons. The van der Waals surface area contributed by atoms with Crippen molar-refractivity contribution in [3.8, 4) is 0 Å². The summed E-state index contributed by atoms with van der Waals surface area (Å²) in [7, 11) is 1.60. The summed E-state index contributed by atoms with van der Waals surface area (Å²) >= 11 is 0. The zero-order valence-corrected chi connectivity index (χ0v) is 5.23. The van der Waals surface area contributed by atoms with Crippen molar-refractivity contribution in [1.29, 1.82) is 0 Å². The Bertz CT molecular complexity index is 77.4. The first-order valence-corrected chi connectivity index (χ1v) is 2.50. The van der Waals surface area contributed by atoms with E-state index in [1.165, 1.54) is 6.92 Å². The molecule has 0 unspecified atom stereocenters. The molecule has 1 N–H and O–H groups in total. The number of carbonyl (C=O) groups is 1. The van der Waals surface area contributed by atoms with Crippen LogP contribution in [0.25, 0.3) is 0 Å². The van der Waals surface area contributed by atoms with Gasteiger partial charge in [-0.3, -0.25) is 4.79 Å². The number of methoxy groups -OCH3 is 1. The minimum atomic E-state index is -0.0120. The molecule has 0 saturated carbocycles. The van der Waals surface area contributed by atoms with E-state index in [-0.39, 0.29) is 7.33 Å². The van der Waals surface area contributed by atoms with Crippen molar-refractivity contribution >= 4 is 5.91 Å². The van der Waals surface area contributed by atoms with E-state index in [4.69, 9.17) is 0 Å². The topological polar surface area (TPSA) is 38.3 Å². The van der Waals surface area contributed by atoms with E-state index in [1.807, 2.05) is 0 Å². The van der Waals surface area contributed by atoms with E-state index >= 15 is 0 Å². The molecule has 0 aliphatic carbocycles. The lowest BCUT2D eigenvalue weighted by molar-refractivity contribution is -0.119. The number of hydrogen-bond acceptors (Lipinski definition) is 2. The van der Waals surface area contributed by atoms with Crippen LogP contribution in [0.15, 0.2) is 0 Å². The van der Waals surface area contributed by atoms with Crippen LogP contribution in [0.4, 0.5) is 0 Å². The Hall–Kier alpha value is -0.570. The largest absolute Gasteiger partial charge is 0.383 e. The van der Waals surface area contributed by atoms with Crippen molar-refractivity contribution in [3.05, 3.63) is 0 Å². The van der Waals surface area contributed by atoms with Crippen molar-refractivity contribution in [1.82, 2.24) is 5.32 Å². The zero-order chi connectivity index (χ0) is 6.41. The molecule has 0 aliphatic rings. The minimum Gasteiger partial charge on any atom is -0.383 e. The van der Waals surface area contributed by atoms with Crippen LogP contribution in [0.5, 0.6) is 0 Å². The highest BCUT2D eigenvalue weighted by Crippen LogP contribution is 1.63. The van der Waals surface area contributed by atoms with Gasteiger partial charge in [-0.05, 0) is 0 Å². The molecule has 0 rings (SSSR count). The predicted octanol–water partition coefficient (Wildman–Crippen LogP) is 0.0149. The third kappa shape index (κ3) is 5.43. The van der Waals surface area contributed by atoms with Gasteiger partial charge in [-0.1, -0.05) is 0 Å². The number of hydrogen-bond donors (Lipinski definition) is 1. The van der Waals surface area contributed by atoms with Crippen molar-refractivity contribution < 1.29 is 11.0 Å². The molecule has 3 heteroatoms. The van der Waals surface area contributed by atoms with Crippen molar-refractivity contribution in [3.63, 3.8) is 0 Å². The summed E-state index contributed by atoms with van der Waals surface area (Å²) in [5.41, 5.74) is 0. The van der Waals surface area contributed by atoms with Crippen LogP contribution in [-0.2, 0) is 9.53 Å². The molecular formula is C5H13NO2. The SMILES string of the molecule is COCCNC(C)=O.[HH]. The molecule has 0 aliphatic heterocycles. The second-order valence-electron chi connectivity index (χ2n) is 1.48. The van der Waals surface area contributed by atoms with Crippen LogP contribution in [0, 0.1) is 0 Å². The Morgan fingerprint density at radius 2 is 2.50 bits per heavy atom. The van der Waals surface area contributed by atoms with Crippen LogP contribution in [0.1, 0.15) is 8.35 Å². The Kier molecular flexibility index (Phi) is 4.26. The standard InChI is InChI=1S/C5H11NO2.H2/c1-5(7)6-3-4-8-2;/h3-4H2,1-2H3,(H,6,7);1H. The molecule has 8 heavy (non-hydrogen) atoms. The number of rotatable bonds is 3. The molecule has 0 aromatic rings. The summed E-state index contributed by atoms with van der Waals surface area (Å²) in [6.45, 7) is 2.67. The van der Waals surface area contributed by atoms with Gasteiger partial charge in [0.15, 0.2) is 0 Å². The quantitative estimate of drug-likeness (QED) is 0.532. The lowest BCUT2D eigenvalue weighted by Gasteiger charge is -1.97.